The van der Waals surface area contributed by atoms with Gasteiger partial charge in [0.05, 0.1) is 7.11 Å². The lowest BCUT2D eigenvalue weighted by Gasteiger charge is -2.17. The van der Waals surface area contributed by atoms with Crippen LogP contribution in [0.5, 0.6) is 0 Å². The van der Waals surface area contributed by atoms with E-state index < -0.39 is 0 Å². The first-order valence-electron chi connectivity index (χ1n) is 6.54. The van der Waals surface area contributed by atoms with Crippen LogP contribution in [-0.2, 0) is 9.53 Å². The van der Waals surface area contributed by atoms with Crippen molar-refractivity contribution in [3.8, 4) is 0 Å². The summed E-state index contributed by atoms with van der Waals surface area (Å²) >= 11 is 0. The van der Waals surface area contributed by atoms with Gasteiger partial charge in [0.1, 0.15) is 0 Å². The van der Waals surface area contributed by atoms with E-state index >= 15 is 0 Å². The van der Waals surface area contributed by atoms with Crippen LogP contribution in [0.25, 0.3) is 0 Å². The van der Waals surface area contributed by atoms with Gasteiger partial charge in [-0.2, -0.15) is 0 Å². The van der Waals surface area contributed by atoms with Crippen LogP contribution in [-0.4, -0.2) is 25.7 Å². The molecule has 96 valence electrons. The SMILES string of the molecule is CCCCC(CCC)NCCCC(=O)OC. The Hall–Kier alpha value is -0.570. The molecule has 0 aliphatic heterocycles. The molecular formula is C13H27NO2. The molecule has 0 bridgehead atoms. The largest absolute Gasteiger partial charge is 0.469 e. The van der Waals surface area contributed by atoms with Gasteiger partial charge in [0.2, 0.25) is 0 Å². The number of carbonyl (C=O) groups excluding carboxylic acids is 1. The van der Waals surface area contributed by atoms with E-state index in [1.165, 1.54) is 39.2 Å². The number of hydrogen-bond donors (Lipinski definition) is 1. The Labute approximate surface area is 99.9 Å². The first-order valence-corrected chi connectivity index (χ1v) is 6.54. The number of esters is 1. The quantitative estimate of drug-likeness (QED) is 0.462. The van der Waals surface area contributed by atoms with Crippen LogP contribution in [0.3, 0.4) is 0 Å². The molecule has 0 radical (unpaired) electrons. The Morgan fingerprint density at radius 1 is 1.19 bits per heavy atom. The predicted molar refractivity (Wildman–Crippen MR) is 67.5 cm³/mol. The van der Waals surface area contributed by atoms with Gasteiger partial charge in [-0.15, -0.1) is 0 Å². The molecule has 0 aliphatic rings. The molecule has 0 aliphatic carbocycles. The van der Waals surface area contributed by atoms with Gasteiger partial charge in [0, 0.05) is 12.5 Å². The second-order valence-electron chi connectivity index (χ2n) is 4.26. The highest BCUT2D eigenvalue weighted by Gasteiger charge is 2.06. The van der Waals surface area contributed by atoms with E-state index in [1.54, 1.807) is 0 Å². The zero-order valence-electron chi connectivity index (χ0n) is 11.1. The number of nitrogens with one attached hydrogen (secondary N) is 1. The van der Waals surface area contributed by atoms with Gasteiger partial charge in [-0.3, -0.25) is 4.79 Å². The van der Waals surface area contributed by atoms with Crippen molar-refractivity contribution in [2.24, 2.45) is 0 Å². The topological polar surface area (TPSA) is 38.3 Å². The monoisotopic (exact) mass is 229 g/mol. The number of carbonyl (C=O) groups is 1. The summed E-state index contributed by atoms with van der Waals surface area (Å²) in [6, 6.07) is 0.627. The maximum Gasteiger partial charge on any atom is 0.305 e. The van der Waals surface area contributed by atoms with Crippen molar-refractivity contribution in [1.82, 2.24) is 5.32 Å². The minimum Gasteiger partial charge on any atom is -0.469 e. The molecule has 1 unspecified atom stereocenters. The van der Waals surface area contributed by atoms with Crippen molar-refractivity contribution < 1.29 is 9.53 Å². The van der Waals surface area contributed by atoms with Gasteiger partial charge in [-0.25, -0.2) is 0 Å². The zero-order valence-corrected chi connectivity index (χ0v) is 11.1. The number of rotatable bonds is 10. The van der Waals surface area contributed by atoms with Crippen molar-refractivity contribution in [3.63, 3.8) is 0 Å². The first kappa shape index (κ1) is 15.4. The maximum absolute atomic E-state index is 10.9. The Bertz CT molecular complexity index is 171. The summed E-state index contributed by atoms with van der Waals surface area (Å²) in [5.74, 6) is -0.109. The van der Waals surface area contributed by atoms with Crippen LogP contribution >= 0.6 is 0 Å². The lowest BCUT2D eigenvalue weighted by molar-refractivity contribution is -0.140. The lowest BCUT2D eigenvalue weighted by Crippen LogP contribution is -2.30. The van der Waals surface area contributed by atoms with E-state index in [9.17, 15) is 4.79 Å². The molecule has 0 fully saturated rings. The zero-order chi connectivity index (χ0) is 12.2. The van der Waals surface area contributed by atoms with E-state index in [0.29, 0.717) is 12.5 Å². The van der Waals surface area contributed by atoms with Gasteiger partial charge in [0.15, 0.2) is 0 Å². The average molecular weight is 229 g/mol. The highest BCUT2D eigenvalue weighted by atomic mass is 16.5. The Kier molecular flexibility index (Phi) is 10.5. The molecule has 0 saturated heterocycles. The van der Waals surface area contributed by atoms with Gasteiger partial charge in [0.25, 0.3) is 0 Å². The van der Waals surface area contributed by atoms with Crippen LogP contribution < -0.4 is 5.32 Å². The fourth-order valence-electron chi connectivity index (χ4n) is 1.79. The van der Waals surface area contributed by atoms with Crippen molar-refractivity contribution in [1.29, 1.82) is 0 Å². The van der Waals surface area contributed by atoms with Gasteiger partial charge in [-0.05, 0) is 25.8 Å². The lowest BCUT2D eigenvalue weighted by atomic mass is 10.1. The molecule has 0 aromatic carbocycles. The van der Waals surface area contributed by atoms with Gasteiger partial charge < -0.3 is 10.1 Å². The summed E-state index contributed by atoms with van der Waals surface area (Å²) in [4.78, 5) is 10.9. The first-order chi connectivity index (χ1) is 7.74. The smallest absolute Gasteiger partial charge is 0.305 e. The standard InChI is InChI=1S/C13H27NO2/c1-4-6-9-12(8-5-2)14-11-7-10-13(15)16-3/h12,14H,4-11H2,1-3H3. The van der Waals surface area contributed by atoms with Crippen LogP contribution in [0.2, 0.25) is 0 Å². The molecule has 0 aromatic rings. The van der Waals surface area contributed by atoms with Crippen molar-refractivity contribution in [3.05, 3.63) is 0 Å². The highest BCUT2D eigenvalue weighted by molar-refractivity contribution is 5.69. The number of unbranched alkanes of at least 4 members (excludes halogenated alkanes) is 1. The van der Waals surface area contributed by atoms with Crippen LogP contribution in [0.15, 0.2) is 0 Å². The van der Waals surface area contributed by atoms with Gasteiger partial charge in [-0.1, -0.05) is 33.1 Å². The Morgan fingerprint density at radius 2 is 1.94 bits per heavy atom. The normalized spacial score (nSPS) is 12.4. The van der Waals surface area contributed by atoms with Crippen LogP contribution in [0.4, 0.5) is 0 Å². The molecule has 3 nitrogen and oxygen atoms in total. The van der Waals surface area contributed by atoms with Crippen molar-refractivity contribution in [2.75, 3.05) is 13.7 Å². The molecule has 0 heterocycles. The number of ether oxygens (including phenoxy) is 1. The Balaban J connectivity index is 3.54. The molecular weight excluding hydrogens is 202 g/mol. The molecule has 0 spiro atoms. The third-order valence-corrected chi connectivity index (χ3v) is 2.76. The highest BCUT2D eigenvalue weighted by Crippen LogP contribution is 2.06. The van der Waals surface area contributed by atoms with Crippen molar-refractivity contribution in [2.45, 2.75) is 64.8 Å². The van der Waals surface area contributed by atoms with E-state index in [0.717, 1.165) is 13.0 Å². The third kappa shape index (κ3) is 8.72. The molecule has 1 N–H and O–H groups in total. The third-order valence-electron chi connectivity index (χ3n) is 2.76. The molecule has 1 atom stereocenters. The summed E-state index contributed by atoms with van der Waals surface area (Å²) in [6.45, 7) is 5.36. The molecule has 3 heteroatoms. The van der Waals surface area contributed by atoms with Crippen LogP contribution in [0, 0.1) is 0 Å². The summed E-state index contributed by atoms with van der Waals surface area (Å²) < 4.78 is 4.60. The summed E-state index contributed by atoms with van der Waals surface area (Å²) in [5.41, 5.74) is 0. The molecule has 0 saturated carbocycles. The molecule has 0 amide bonds. The molecule has 0 aromatic heterocycles. The minimum atomic E-state index is -0.109. The van der Waals surface area contributed by atoms with Crippen molar-refractivity contribution >= 4 is 5.97 Å². The average Bonchev–Trinajstić information content (AvgIpc) is 2.30. The number of methoxy groups -OCH3 is 1. The summed E-state index contributed by atoms with van der Waals surface area (Å²) in [7, 11) is 1.44. The second-order valence-corrected chi connectivity index (χ2v) is 4.26. The van der Waals surface area contributed by atoms with Gasteiger partial charge >= 0.3 is 5.97 Å². The summed E-state index contributed by atoms with van der Waals surface area (Å²) in [5, 5.41) is 3.53. The minimum absolute atomic E-state index is 0.109. The van der Waals surface area contributed by atoms with E-state index in [4.69, 9.17) is 0 Å². The molecule has 16 heavy (non-hydrogen) atoms. The molecule has 0 rings (SSSR count). The predicted octanol–water partition coefficient (Wildman–Crippen LogP) is 2.89. The van der Waals surface area contributed by atoms with Crippen LogP contribution in [0.1, 0.15) is 58.8 Å². The number of hydrogen-bond acceptors (Lipinski definition) is 3. The summed E-state index contributed by atoms with van der Waals surface area (Å²) in [6.07, 6.45) is 7.65. The second kappa shape index (κ2) is 10.9. The Morgan fingerprint density at radius 3 is 2.50 bits per heavy atom. The fraction of sp³-hybridized carbons (Fsp3) is 0.923. The van der Waals surface area contributed by atoms with E-state index in [2.05, 4.69) is 23.9 Å². The fourth-order valence-corrected chi connectivity index (χ4v) is 1.79. The van der Waals surface area contributed by atoms with E-state index in [-0.39, 0.29) is 5.97 Å². The van der Waals surface area contributed by atoms with E-state index in [1.807, 2.05) is 0 Å². The maximum atomic E-state index is 10.9.